The van der Waals surface area contributed by atoms with Gasteiger partial charge in [0.15, 0.2) is 0 Å². The highest BCUT2D eigenvalue weighted by molar-refractivity contribution is 6.73. The highest BCUT2D eigenvalue weighted by Gasteiger charge is 2.43. The fourth-order valence-electron chi connectivity index (χ4n) is 5.07. The summed E-state index contributed by atoms with van der Waals surface area (Å²) in [6.07, 6.45) is 3.45. The van der Waals surface area contributed by atoms with Gasteiger partial charge in [-0.3, -0.25) is 0 Å². The van der Waals surface area contributed by atoms with Gasteiger partial charge in [-0.2, -0.15) is 0 Å². The molecule has 0 amide bonds. The van der Waals surface area contributed by atoms with E-state index >= 15 is 0 Å². The molecule has 1 saturated heterocycles. The second-order valence-electron chi connectivity index (χ2n) is 8.98. The molecule has 3 rings (SSSR count). The Kier molecular flexibility index (Phi) is 6.46. The molecule has 0 spiro atoms. The van der Waals surface area contributed by atoms with E-state index in [-0.39, 0.29) is 12.6 Å². The minimum atomic E-state index is -1.63. The minimum Gasteiger partial charge on any atom is -0.394 e. The molecule has 0 bridgehead atoms. The molecule has 0 unspecified atom stereocenters. The molecule has 0 aromatic heterocycles. The minimum absolute atomic E-state index is 0.106. The van der Waals surface area contributed by atoms with Gasteiger partial charge < -0.3 is 19.3 Å². The molecule has 1 aromatic carbocycles. The molecule has 3 atom stereocenters. The zero-order valence-corrected chi connectivity index (χ0v) is 18.6. The van der Waals surface area contributed by atoms with Crippen molar-refractivity contribution in [3.05, 3.63) is 47.2 Å². The summed E-state index contributed by atoms with van der Waals surface area (Å²) in [4.78, 5) is 2.58. The Morgan fingerprint density at radius 3 is 2.48 bits per heavy atom. The van der Waals surface area contributed by atoms with E-state index in [1.165, 1.54) is 29.7 Å². The maximum Gasteiger partial charge on any atom is 0.120 e. The number of likely N-dealkylation sites (tertiary alicyclic amines) is 1. The first-order chi connectivity index (χ1) is 12.9. The molecule has 1 aromatic rings. The summed E-state index contributed by atoms with van der Waals surface area (Å²) in [5, 5.41) is 10.4. The lowest BCUT2D eigenvalue weighted by Crippen LogP contribution is -2.58. The molecule has 0 saturated carbocycles. The van der Waals surface area contributed by atoms with Crippen LogP contribution in [0, 0.1) is 0 Å². The number of benzene rings is 1. The maximum absolute atomic E-state index is 10.4. The maximum atomic E-state index is 10.4. The topological polar surface area (TPSA) is 35.9 Å². The third-order valence-electron chi connectivity index (χ3n) is 6.23. The van der Waals surface area contributed by atoms with Crippen molar-refractivity contribution in [3.63, 3.8) is 0 Å². The third-order valence-corrected chi connectivity index (χ3v) is 8.40. The van der Waals surface area contributed by atoms with Gasteiger partial charge in [-0.1, -0.05) is 50.0 Å². The fraction of sp³-hybridized carbons (Fsp3) is 0.636. The van der Waals surface area contributed by atoms with E-state index in [1.54, 1.807) is 7.11 Å². The van der Waals surface area contributed by atoms with Gasteiger partial charge in [-0.15, -0.1) is 0 Å². The summed E-state index contributed by atoms with van der Waals surface area (Å²) in [5.74, 6) is 0. The molecular weight excluding hydrogens is 352 g/mol. The van der Waals surface area contributed by atoms with Crippen LogP contribution < -0.4 is 0 Å². The van der Waals surface area contributed by atoms with E-state index in [0.717, 1.165) is 19.6 Å². The molecule has 2 aliphatic rings. The number of ether oxygens (including phenoxy) is 1. The summed E-state index contributed by atoms with van der Waals surface area (Å²) in [6, 6.07) is 11.8. The average Bonchev–Trinajstić information content (AvgIpc) is 3.09. The van der Waals surface area contributed by atoms with Crippen LogP contribution in [0.25, 0.3) is 0 Å². The summed E-state index contributed by atoms with van der Waals surface area (Å²) < 4.78 is 8.16. The predicted octanol–water partition coefficient (Wildman–Crippen LogP) is 4.01. The number of methoxy groups -OCH3 is 1. The van der Waals surface area contributed by atoms with Crippen LogP contribution >= 0.6 is 0 Å². The molecule has 4 nitrogen and oxygen atoms in total. The van der Waals surface area contributed by atoms with E-state index in [0.29, 0.717) is 12.1 Å². The van der Waals surface area contributed by atoms with Crippen molar-refractivity contribution in [3.8, 4) is 0 Å². The number of hydrogen-bond acceptors (Lipinski definition) is 4. The molecule has 0 aliphatic carbocycles. The Hall–Kier alpha value is -1.14. The lowest BCUT2D eigenvalue weighted by molar-refractivity contribution is 0.111. The second kappa shape index (κ2) is 8.48. The Morgan fingerprint density at radius 2 is 1.89 bits per heavy atom. The van der Waals surface area contributed by atoms with Crippen LogP contribution in [-0.4, -0.2) is 61.8 Å². The quantitative estimate of drug-likeness (QED) is 0.747. The normalized spacial score (nSPS) is 27.5. The fourth-order valence-corrected chi connectivity index (χ4v) is 7.46. The highest BCUT2D eigenvalue weighted by atomic mass is 28.3. The first kappa shape index (κ1) is 20.6. The number of nitrogens with zero attached hydrogens (tertiary/aromatic N) is 2. The van der Waals surface area contributed by atoms with Gasteiger partial charge in [0.2, 0.25) is 0 Å². The van der Waals surface area contributed by atoms with E-state index in [4.69, 9.17) is 4.74 Å². The van der Waals surface area contributed by atoms with Crippen molar-refractivity contribution in [2.75, 3.05) is 26.9 Å². The number of aliphatic hydroxyl groups excluding tert-OH is 1. The van der Waals surface area contributed by atoms with Gasteiger partial charge in [-0.05, 0) is 30.9 Å². The smallest absolute Gasteiger partial charge is 0.120 e. The lowest BCUT2D eigenvalue weighted by atomic mass is 9.90. The van der Waals surface area contributed by atoms with E-state index in [1.807, 2.05) is 0 Å². The van der Waals surface area contributed by atoms with Gasteiger partial charge in [-0.25, -0.2) is 0 Å². The number of aliphatic hydroxyl groups is 1. The van der Waals surface area contributed by atoms with Crippen LogP contribution in [0.15, 0.2) is 41.6 Å². The van der Waals surface area contributed by atoms with Crippen LogP contribution in [0.2, 0.25) is 19.6 Å². The Bertz CT molecular complexity index is 656. The molecule has 2 heterocycles. The predicted molar refractivity (Wildman–Crippen MR) is 114 cm³/mol. The third kappa shape index (κ3) is 4.16. The standard InChI is InChI=1S/C22H36N2O2Si/c1-17-20(23-13-9-12-19(23)16-26-2)14-21(18-10-7-6-8-11-18)24(22(17)15-25)27(3,4)5/h6-8,10-11,19,21-22,25H,9,12-16H2,1-5H3/t19-,21+,22+/m0/s1. The molecule has 1 fully saturated rings. The Balaban J connectivity index is 2.04. The van der Waals surface area contributed by atoms with Gasteiger partial charge in [0.25, 0.3) is 0 Å². The Morgan fingerprint density at radius 1 is 1.19 bits per heavy atom. The van der Waals surface area contributed by atoms with Crippen molar-refractivity contribution >= 4 is 8.24 Å². The van der Waals surface area contributed by atoms with Crippen molar-refractivity contribution in [2.24, 2.45) is 0 Å². The second-order valence-corrected chi connectivity index (χ2v) is 13.8. The zero-order chi connectivity index (χ0) is 19.6. The van der Waals surface area contributed by atoms with Gasteiger partial charge in [0.05, 0.1) is 25.3 Å². The molecule has 2 aliphatic heterocycles. The molecule has 1 N–H and O–H groups in total. The van der Waals surface area contributed by atoms with Crippen LogP contribution in [0.4, 0.5) is 0 Å². The Labute approximate surface area is 165 Å². The lowest BCUT2D eigenvalue weighted by Gasteiger charge is -2.51. The summed E-state index contributed by atoms with van der Waals surface area (Å²) >= 11 is 0. The highest BCUT2D eigenvalue weighted by Crippen LogP contribution is 2.43. The van der Waals surface area contributed by atoms with Crippen LogP contribution in [0.5, 0.6) is 0 Å². The van der Waals surface area contributed by atoms with Crippen molar-refractivity contribution in [1.82, 2.24) is 9.47 Å². The van der Waals surface area contributed by atoms with Gasteiger partial charge in [0, 0.05) is 31.8 Å². The monoisotopic (exact) mass is 388 g/mol. The summed E-state index contributed by atoms with van der Waals surface area (Å²) in [6.45, 7) is 11.5. The summed E-state index contributed by atoms with van der Waals surface area (Å²) in [7, 11) is 0.167. The number of hydrogen-bond donors (Lipinski definition) is 1. The molecular formula is C22H36N2O2Si. The first-order valence-electron chi connectivity index (χ1n) is 10.3. The van der Waals surface area contributed by atoms with E-state index in [2.05, 4.69) is 66.4 Å². The number of rotatable bonds is 6. The van der Waals surface area contributed by atoms with Gasteiger partial charge >= 0.3 is 0 Å². The first-order valence-corrected chi connectivity index (χ1v) is 13.7. The molecule has 150 valence electrons. The average molecular weight is 389 g/mol. The molecule has 5 heteroatoms. The van der Waals surface area contributed by atoms with Crippen molar-refractivity contribution < 1.29 is 9.84 Å². The molecule has 27 heavy (non-hydrogen) atoms. The molecule has 0 radical (unpaired) electrons. The van der Waals surface area contributed by atoms with Crippen LogP contribution in [0.1, 0.15) is 37.8 Å². The van der Waals surface area contributed by atoms with Crippen molar-refractivity contribution in [1.29, 1.82) is 0 Å². The summed E-state index contributed by atoms with van der Waals surface area (Å²) in [5.41, 5.74) is 4.16. The van der Waals surface area contributed by atoms with Crippen LogP contribution in [-0.2, 0) is 4.74 Å². The van der Waals surface area contributed by atoms with Crippen molar-refractivity contribution in [2.45, 2.75) is 64.0 Å². The largest absolute Gasteiger partial charge is 0.394 e. The van der Waals surface area contributed by atoms with E-state index in [9.17, 15) is 5.11 Å². The zero-order valence-electron chi connectivity index (χ0n) is 17.6. The SMILES string of the molecule is COC[C@@H]1CCCN1C1=C(C)[C@@H](CO)N([Si](C)(C)C)[C@@H](c2ccccc2)C1. The van der Waals surface area contributed by atoms with E-state index < -0.39 is 8.24 Å². The van der Waals surface area contributed by atoms with Gasteiger partial charge in [0.1, 0.15) is 8.24 Å². The van der Waals surface area contributed by atoms with Crippen LogP contribution in [0.3, 0.4) is 0 Å².